The van der Waals surface area contributed by atoms with E-state index in [-0.39, 0.29) is 0 Å². The Morgan fingerprint density at radius 2 is 2.33 bits per heavy atom. The maximum atomic E-state index is 10.3. The molecule has 12 heavy (non-hydrogen) atoms. The van der Waals surface area contributed by atoms with Crippen LogP contribution in [0.25, 0.3) is 0 Å². The van der Waals surface area contributed by atoms with Crippen LogP contribution in [-0.4, -0.2) is 6.41 Å². The molecule has 1 aromatic carbocycles. The summed E-state index contributed by atoms with van der Waals surface area (Å²) in [5, 5.41) is 0. The Balaban J connectivity index is 2.93. The molecule has 1 amide bonds. The lowest BCUT2D eigenvalue weighted by Gasteiger charge is -2.07. The van der Waals surface area contributed by atoms with E-state index in [1.807, 2.05) is 24.3 Å². The molecule has 0 unspecified atom stereocenters. The molecule has 0 aliphatic carbocycles. The summed E-state index contributed by atoms with van der Waals surface area (Å²) in [6.45, 7) is 2.07. The van der Waals surface area contributed by atoms with E-state index in [4.69, 9.17) is 0 Å². The van der Waals surface area contributed by atoms with Crippen LogP contribution in [0, 0.1) is 0 Å². The minimum atomic E-state index is 0.810. The van der Waals surface area contributed by atoms with E-state index >= 15 is 0 Å². The van der Waals surface area contributed by atoms with Gasteiger partial charge in [-0.05, 0) is 24.1 Å². The van der Waals surface area contributed by atoms with Crippen LogP contribution in [0.4, 0.5) is 5.69 Å². The van der Waals surface area contributed by atoms with Crippen molar-refractivity contribution in [2.24, 2.45) is 0 Å². The molecule has 0 saturated heterocycles. The summed E-state index contributed by atoms with van der Waals surface area (Å²) in [5.74, 6) is 0. The van der Waals surface area contributed by atoms with Crippen LogP contribution < -0.4 is 3.93 Å². The summed E-state index contributed by atoms with van der Waals surface area (Å²) < 4.78 is 1.26. The SMILES string of the molecule is CCc1cccc(N(Br)[C]=O)c1. The number of nitrogens with zero attached hydrogens (tertiary/aromatic N) is 1. The summed E-state index contributed by atoms with van der Waals surface area (Å²) in [5.41, 5.74) is 2.01. The summed E-state index contributed by atoms with van der Waals surface area (Å²) in [6, 6.07) is 7.73. The zero-order chi connectivity index (χ0) is 8.97. The molecule has 0 fully saturated rings. The van der Waals surface area contributed by atoms with Gasteiger partial charge < -0.3 is 0 Å². The summed E-state index contributed by atoms with van der Waals surface area (Å²) in [7, 11) is 0. The smallest absolute Gasteiger partial charge is 0.262 e. The van der Waals surface area contributed by atoms with E-state index < -0.39 is 0 Å². The molecule has 1 rings (SSSR count). The molecule has 1 aromatic rings. The quantitative estimate of drug-likeness (QED) is 0.573. The number of halogens is 1. The lowest BCUT2D eigenvalue weighted by molar-refractivity contribution is 0.558. The molecule has 0 N–H and O–H groups in total. The molecule has 0 aromatic heterocycles. The first-order valence-corrected chi connectivity index (χ1v) is 4.41. The predicted octanol–water partition coefficient (Wildman–Crippen LogP) is 2.43. The van der Waals surface area contributed by atoms with Gasteiger partial charge in [-0.1, -0.05) is 19.1 Å². The van der Waals surface area contributed by atoms with E-state index in [1.165, 1.54) is 9.49 Å². The standard InChI is InChI=1S/C9H9BrNO/c1-2-8-4-3-5-9(6-8)11(10)7-12/h3-6H,2H2,1H3. The van der Waals surface area contributed by atoms with Crippen molar-refractivity contribution >= 4 is 28.2 Å². The Labute approximate surface area is 80.5 Å². The number of anilines is 1. The van der Waals surface area contributed by atoms with Crippen LogP contribution in [-0.2, 0) is 11.2 Å². The van der Waals surface area contributed by atoms with Crippen LogP contribution in [0.3, 0.4) is 0 Å². The zero-order valence-electron chi connectivity index (χ0n) is 6.75. The first kappa shape index (κ1) is 9.26. The largest absolute Gasteiger partial charge is 0.327 e. The number of hydrogen-bond donors (Lipinski definition) is 0. The molecule has 2 nitrogen and oxygen atoms in total. The van der Waals surface area contributed by atoms with Crippen molar-refractivity contribution in [3.8, 4) is 0 Å². The van der Waals surface area contributed by atoms with Gasteiger partial charge in [-0.3, -0.25) is 4.79 Å². The van der Waals surface area contributed by atoms with E-state index in [0.717, 1.165) is 12.1 Å². The van der Waals surface area contributed by atoms with E-state index in [0.29, 0.717) is 0 Å². The van der Waals surface area contributed by atoms with Crippen LogP contribution >= 0.6 is 16.1 Å². The normalized spacial score (nSPS) is 9.50. The van der Waals surface area contributed by atoms with Gasteiger partial charge in [0.05, 0.1) is 21.8 Å². The third-order valence-corrected chi connectivity index (χ3v) is 2.18. The Bertz CT molecular complexity index is 275. The van der Waals surface area contributed by atoms with Gasteiger partial charge in [-0.2, -0.15) is 0 Å². The average Bonchev–Trinajstić information content (AvgIpc) is 2.17. The Morgan fingerprint density at radius 3 is 2.92 bits per heavy atom. The highest BCUT2D eigenvalue weighted by Crippen LogP contribution is 2.17. The molecule has 1 radical (unpaired) electrons. The molecular weight excluding hydrogens is 218 g/mol. The molecule has 0 bridgehead atoms. The van der Waals surface area contributed by atoms with Gasteiger partial charge in [0.2, 0.25) is 0 Å². The van der Waals surface area contributed by atoms with E-state index in [9.17, 15) is 4.79 Å². The lowest BCUT2D eigenvalue weighted by atomic mass is 10.1. The van der Waals surface area contributed by atoms with Crippen molar-refractivity contribution in [2.45, 2.75) is 13.3 Å². The summed E-state index contributed by atoms with van der Waals surface area (Å²) in [4.78, 5) is 10.3. The number of amides is 1. The highest BCUT2D eigenvalue weighted by molar-refractivity contribution is 9.10. The second kappa shape index (κ2) is 4.26. The Kier molecular flexibility index (Phi) is 3.29. The van der Waals surface area contributed by atoms with Crippen molar-refractivity contribution in [3.05, 3.63) is 29.8 Å². The van der Waals surface area contributed by atoms with Crippen molar-refractivity contribution in [3.63, 3.8) is 0 Å². The monoisotopic (exact) mass is 226 g/mol. The van der Waals surface area contributed by atoms with Gasteiger partial charge in [0.15, 0.2) is 0 Å². The first-order chi connectivity index (χ1) is 5.77. The second-order valence-corrected chi connectivity index (χ2v) is 3.10. The van der Waals surface area contributed by atoms with Crippen LogP contribution in [0.5, 0.6) is 0 Å². The van der Waals surface area contributed by atoms with Gasteiger partial charge in [0, 0.05) is 0 Å². The molecule has 0 saturated carbocycles. The second-order valence-electron chi connectivity index (χ2n) is 2.40. The van der Waals surface area contributed by atoms with Gasteiger partial charge in [-0.15, -0.1) is 0 Å². The minimum Gasteiger partial charge on any atom is -0.262 e. The predicted molar refractivity (Wildman–Crippen MR) is 52.9 cm³/mol. The zero-order valence-corrected chi connectivity index (χ0v) is 8.34. The fourth-order valence-electron chi connectivity index (χ4n) is 0.951. The molecule has 0 aliphatic rings. The first-order valence-electron chi connectivity index (χ1n) is 3.70. The number of benzene rings is 1. The van der Waals surface area contributed by atoms with E-state index in [1.54, 1.807) is 6.41 Å². The summed E-state index contributed by atoms with van der Waals surface area (Å²) >= 11 is 3.06. The van der Waals surface area contributed by atoms with Gasteiger partial charge in [0.1, 0.15) is 0 Å². The third-order valence-electron chi connectivity index (χ3n) is 1.63. The maximum absolute atomic E-state index is 10.3. The number of rotatable bonds is 3. The van der Waals surface area contributed by atoms with Gasteiger partial charge in [0.25, 0.3) is 0 Å². The van der Waals surface area contributed by atoms with E-state index in [2.05, 4.69) is 23.1 Å². The highest BCUT2D eigenvalue weighted by atomic mass is 79.9. The lowest BCUT2D eigenvalue weighted by Crippen LogP contribution is -2.04. The molecule has 3 heteroatoms. The van der Waals surface area contributed by atoms with Crippen LogP contribution in [0.15, 0.2) is 24.3 Å². The van der Waals surface area contributed by atoms with Crippen molar-refractivity contribution < 1.29 is 4.79 Å². The fourth-order valence-corrected chi connectivity index (χ4v) is 1.17. The van der Waals surface area contributed by atoms with Crippen molar-refractivity contribution in [2.75, 3.05) is 3.93 Å². The number of aryl methyl sites for hydroxylation is 1. The van der Waals surface area contributed by atoms with Gasteiger partial charge >= 0.3 is 6.41 Å². The molecule has 0 heterocycles. The highest BCUT2D eigenvalue weighted by Gasteiger charge is 2.01. The number of carbonyl (C=O) groups excluding carboxylic acids is 1. The molecule has 0 atom stereocenters. The molecule has 0 aliphatic heterocycles. The topological polar surface area (TPSA) is 20.3 Å². The minimum absolute atomic E-state index is 0.810. The maximum Gasteiger partial charge on any atom is 0.327 e. The summed E-state index contributed by atoms with van der Waals surface area (Å²) in [6.07, 6.45) is 2.70. The van der Waals surface area contributed by atoms with Crippen molar-refractivity contribution in [1.82, 2.24) is 0 Å². The Morgan fingerprint density at radius 1 is 1.58 bits per heavy atom. The fraction of sp³-hybridized carbons (Fsp3) is 0.222. The molecular formula is C9H9BrNO. The number of hydrogen-bond acceptors (Lipinski definition) is 1. The van der Waals surface area contributed by atoms with Crippen LogP contribution in [0.1, 0.15) is 12.5 Å². The molecule has 63 valence electrons. The Hall–Kier alpha value is -0.830. The average molecular weight is 227 g/mol. The van der Waals surface area contributed by atoms with Gasteiger partial charge in [-0.25, -0.2) is 3.93 Å². The van der Waals surface area contributed by atoms with Crippen molar-refractivity contribution in [1.29, 1.82) is 0 Å². The third kappa shape index (κ3) is 2.08. The molecule has 0 spiro atoms. The van der Waals surface area contributed by atoms with Crippen LogP contribution in [0.2, 0.25) is 0 Å².